The fourth-order valence-corrected chi connectivity index (χ4v) is 1.70. The quantitative estimate of drug-likeness (QED) is 0.631. The van der Waals surface area contributed by atoms with Gasteiger partial charge >= 0.3 is 5.97 Å². The molecule has 0 atom stereocenters. The molecule has 0 heterocycles. The van der Waals surface area contributed by atoms with Gasteiger partial charge in [0, 0.05) is 12.6 Å². The Labute approximate surface area is 86.4 Å². The fourth-order valence-electron chi connectivity index (χ4n) is 1.70. The van der Waals surface area contributed by atoms with Crippen molar-refractivity contribution in [3.05, 3.63) is 0 Å². The highest BCUT2D eigenvalue weighted by molar-refractivity contribution is 5.71. The second-order valence-corrected chi connectivity index (χ2v) is 4.40. The van der Waals surface area contributed by atoms with Gasteiger partial charge < -0.3 is 4.74 Å². The molecule has 82 valence electrons. The Kier molecular flexibility index (Phi) is 4.39. The van der Waals surface area contributed by atoms with E-state index in [1.165, 1.54) is 26.4 Å². The molecule has 3 nitrogen and oxygen atoms in total. The number of carbonyl (C=O) groups excluding carboxylic acids is 1. The molecular weight excluding hydrogens is 178 g/mol. The van der Waals surface area contributed by atoms with Crippen LogP contribution in [0.15, 0.2) is 0 Å². The SMILES string of the molecule is COC(=O)CN(CC1CCC1)C(C)C. The summed E-state index contributed by atoms with van der Waals surface area (Å²) in [5.74, 6) is 0.681. The molecule has 1 rings (SSSR count). The number of methoxy groups -OCH3 is 1. The first-order chi connectivity index (χ1) is 6.63. The predicted octanol–water partition coefficient (Wildman–Crippen LogP) is 1.67. The summed E-state index contributed by atoms with van der Waals surface area (Å²) >= 11 is 0. The molecule has 3 heteroatoms. The molecule has 0 amide bonds. The summed E-state index contributed by atoms with van der Waals surface area (Å²) in [4.78, 5) is 13.4. The van der Waals surface area contributed by atoms with Crippen molar-refractivity contribution in [3.8, 4) is 0 Å². The van der Waals surface area contributed by atoms with Gasteiger partial charge in [-0.2, -0.15) is 0 Å². The lowest BCUT2D eigenvalue weighted by atomic mass is 9.85. The molecule has 1 saturated carbocycles. The third-order valence-electron chi connectivity index (χ3n) is 3.01. The van der Waals surface area contributed by atoms with E-state index in [0.29, 0.717) is 12.6 Å². The summed E-state index contributed by atoms with van der Waals surface area (Å²) in [6.07, 6.45) is 4.00. The maximum Gasteiger partial charge on any atom is 0.319 e. The van der Waals surface area contributed by atoms with Crippen LogP contribution in [-0.2, 0) is 9.53 Å². The van der Waals surface area contributed by atoms with E-state index in [9.17, 15) is 4.79 Å². The van der Waals surface area contributed by atoms with Gasteiger partial charge in [0.15, 0.2) is 0 Å². The minimum Gasteiger partial charge on any atom is -0.468 e. The number of rotatable bonds is 5. The van der Waals surface area contributed by atoms with Crippen molar-refractivity contribution in [2.24, 2.45) is 5.92 Å². The van der Waals surface area contributed by atoms with Crippen molar-refractivity contribution >= 4 is 5.97 Å². The Balaban J connectivity index is 2.33. The van der Waals surface area contributed by atoms with Gasteiger partial charge in [0.1, 0.15) is 0 Å². The molecule has 0 aromatic carbocycles. The van der Waals surface area contributed by atoms with Crippen LogP contribution in [0.25, 0.3) is 0 Å². The summed E-state index contributed by atoms with van der Waals surface area (Å²) in [7, 11) is 1.45. The highest BCUT2D eigenvalue weighted by Crippen LogP contribution is 2.27. The van der Waals surface area contributed by atoms with Gasteiger partial charge in [-0.3, -0.25) is 9.69 Å². The van der Waals surface area contributed by atoms with Gasteiger partial charge in [0.25, 0.3) is 0 Å². The molecule has 0 bridgehead atoms. The van der Waals surface area contributed by atoms with Crippen molar-refractivity contribution in [1.29, 1.82) is 0 Å². The van der Waals surface area contributed by atoms with Gasteiger partial charge in [0.05, 0.1) is 13.7 Å². The van der Waals surface area contributed by atoms with E-state index in [2.05, 4.69) is 23.5 Å². The highest BCUT2D eigenvalue weighted by Gasteiger charge is 2.23. The van der Waals surface area contributed by atoms with Gasteiger partial charge in [-0.05, 0) is 32.6 Å². The first kappa shape index (κ1) is 11.5. The standard InChI is InChI=1S/C11H21NO2/c1-9(2)12(8-11(13)14-3)7-10-5-4-6-10/h9-10H,4-8H2,1-3H3. The number of hydrogen-bond donors (Lipinski definition) is 0. The molecule has 0 aromatic heterocycles. The smallest absolute Gasteiger partial charge is 0.319 e. The van der Waals surface area contributed by atoms with Gasteiger partial charge in [0.2, 0.25) is 0 Å². The van der Waals surface area contributed by atoms with E-state index in [1.807, 2.05) is 0 Å². The fraction of sp³-hybridized carbons (Fsp3) is 0.909. The van der Waals surface area contributed by atoms with Crippen LogP contribution in [0.3, 0.4) is 0 Å². The Bertz CT molecular complexity index is 188. The minimum atomic E-state index is -0.127. The largest absolute Gasteiger partial charge is 0.468 e. The van der Waals surface area contributed by atoms with Crippen molar-refractivity contribution < 1.29 is 9.53 Å². The van der Waals surface area contributed by atoms with Gasteiger partial charge in [-0.15, -0.1) is 0 Å². The summed E-state index contributed by atoms with van der Waals surface area (Å²) < 4.78 is 4.68. The zero-order chi connectivity index (χ0) is 10.6. The lowest BCUT2D eigenvalue weighted by molar-refractivity contribution is -0.142. The molecule has 0 radical (unpaired) electrons. The molecule has 0 N–H and O–H groups in total. The van der Waals surface area contributed by atoms with Crippen molar-refractivity contribution in [2.75, 3.05) is 20.2 Å². The zero-order valence-corrected chi connectivity index (χ0v) is 9.45. The van der Waals surface area contributed by atoms with Crippen LogP contribution in [0.4, 0.5) is 0 Å². The zero-order valence-electron chi connectivity index (χ0n) is 9.45. The van der Waals surface area contributed by atoms with E-state index in [1.54, 1.807) is 0 Å². The van der Waals surface area contributed by atoms with Crippen LogP contribution < -0.4 is 0 Å². The van der Waals surface area contributed by atoms with E-state index >= 15 is 0 Å². The van der Waals surface area contributed by atoms with Crippen molar-refractivity contribution in [2.45, 2.75) is 39.2 Å². The normalized spacial score (nSPS) is 17.2. The maximum absolute atomic E-state index is 11.2. The average molecular weight is 199 g/mol. The van der Waals surface area contributed by atoms with Crippen molar-refractivity contribution in [3.63, 3.8) is 0 Å². The lowest BCUT2D eigenvalue weighted by Crippen LogP contribution is -2.41. The third kappa shape index (κ3) is 3.29. The van der Waals surface area contributed by atoms with Gasteiger partial charge in [-0.25, -0.2) is 0 Å². The molecule has 1 aliphatic rings. The minimum absolute atomic E-state index is 0.127. The van der Waals surface area contributed by atoms with E-state index in [4.69, 9.17) is 0 Å². The average Bonchev–Trinajstić information content (AvgIpc) is 2.08. The number of esters is 1. The number of hydrogen-bond acceptors (Lipinski definition) is 3. The Morgan fingerprint density at radius 2 is 2.14 bits per heavy atom. The van der Waals surface area contributed by atoms with Crippen molar-refractivity contribution in [1.82, 2.24) is 4.90 Å². The second kappa shape index (κ2) is 5.35. The van der Waals surface area contributed by atoms with Crippen LogP contribution in [0.1, 0.15) is 33.1 Å². The third-order valence-corrected chi connectivity index (χ3v) is 3.01. The molecule has 0 aliphatic heterocycles. The number of nitrogens with zero attached hydrogens (tertiary/aromatic N) is 1. The summed E-state index contributed by atoms with van der Waals surface area (Å²) in [5, 5.41) is 0. The van der Waals surface area contributed by atoms with E-state index in [0.717, 1.165) is 12.5 Å². The molecule has 0 saturated heterocycles. The monoisotopic (exact) mass is 199 g/mol. The Morgan fingerprint density at radius 1 is 1.50 bits per heavy atom. The van der Waals surface area contributed by atoms with E-state index < -0.39 is 0 Å². The summed E-state index contributed by atoms with van der Waals surface area (Å²) in [6.45, 7) is 5.74. The second-order valence-electron chi connectivity index (χ2n) is 4.40. The predicted molar refractivity (Wildman–Crippen MR) is 56.1 cm³/mol. The topological polar surface area (TPSA) is 29.5 Å². The molecule has 0 spiro atoms. The molecular formula is C11H21NO2. The van der Waals surface area contributed by atoms with Crippen LogP contribution in [-0.4, -0.2) is 37.1 Å². The first-order valence-corrected chi connectivity index (χ1v) is 5.44. The van der Waals surface area contributed by atoms with Crippen LogP contribution in [0.2, 0.25) is 0 Å². The van der Waals surface area contributed by atoms with Gasteiger partial charge in [-0.1, -0.05) is 6.42 Å². The highest BCUT2D eigenvalue weighted by atomic mass is 16.5. The number of ether oxygens (including phenoxy) is 1. The Hall–Kier alpha value is -0.570. The first-order valence-electron chi connectivity index (χ1n) is 5.44. The lowest BCUT2D eigenvalue weighted by Gasteiger charge is -2.33. The number of carbonyl (C=O) groups is 1. The van der Waals surface area contributed by atoms with Crippen LogP contribution in [0.5, 0.6) is 0 Å². The molecule has 14 heavy (non-hydrogen) atoms. The molecule has 0 aromatic rings. The van der Waals surface area contributed by atoms with E-state index in [-0.39, 0.29) is 5.97 Å². The molecule has 1 aliphatic carbocycles. The molecule has 1 fully saturated rings. The Morgan fingerprint density at radius 3 is 2.50 bits per heavy atom. The summed E-state index contributed by atoms with van der Waals surface area (Å²) in [5.41, 5.74) is 0. The summed E-state index contributed by atoms with van der Waals surface area (Å²) in [6, 6.07) is 0.426. The molecule has 0 unspecified atom stereocenters. The van der Waals surface area contributed by atoms with Crippen LogP contribution in [0, 0.1) is 5.92 Å². The maximum atomic E-state index is 11.2. The van der Waals surface area contributed by atoms with Crippen LogP contribution >= 0.6 is 0 Å².